The van der Waals surface area contributed by atoms with Gasteiger partial charge in [-0.2, -0.15) is 0 Å². The van der Waals surface area contributed by atoms with E-state index in [1.807, 2.05) is 12.1 Å². The summed E-state index contributed by atoms with van der Waals surface area (Å²) in [7, 11) is 0. The van der Waals surface area contributed by atoms with Crippen LogP contribution in [0.2, 0.25) is 0 Å². The number of hydrogen-bond donors (Lipinski definition) is 1. The Bertz CT molecular complexity index is 355. The molecule has 2 nitrogen and oxygen atoms in total. The van der Waals surface area contributed by atoms with Crippen molar-refractivity contribution >= 4 is 43.2 Å². The Kier molecular flexibility index (Phi) is 2.34. The fourth-order valence-electron chi connectivity index (χ4n) is 0.866. The van der Waals surface area contributed by atoms with E-state index in [0.717, 1.165) is 19.1 Å². The van der Waals surface area contributed by atoms with E-state index in [-0.39, 0.29) is 0 Å². The minimum Gasteiger partial charge on any atom is -0.332 e. The lowest BCUT2D eigenvalue weighted by molar-refractivity contribution is 1.32. The smallest absolute Gasteiger partial charge is 0.148 e. The molecule has 0 saturated carbocycles. The molecule has 0 spiro atoms. The van der Waals surface area contributed by atoms with Crippen LogP contribution in [0.4, 0.5) is 0 Å². The van der Waals surface area contributed by atoms with Crippen molar-refractivity contribution in [3.8, 4) is 10.7 Å². The second-order valence-corrected chi connectivity index (χ2v) is 5.50. The minimum atomic E-state index is 0.901. The van der Waals surface area contributed by atoms with Crippen molar-refractivity contribution in [1.82, 2.24) is 9.97 Å². The molecule has 0 aliphatic heterocycles. The molecule has 0 aliphatic carbocycles. The van der Waals surface area contributed by atoms with Crippen LogP contribution in [0.5, 0.6) is 0 Å². The zero-order chi connectivity index (χ0) is 8.55. The van der Waals surface area contributed by atoms with Gasteiger partial charge in [0.05, 0.1) is 14.9 Å². The fourth-order valence-corrected chi connectivity index (χ4v) is 2.49. The quantitative estimate of drug-likeness (QED) is 0.855. The molecule has 2 aromatic rings. The van der Waals surface area contributed by atoms with Crippen molar-refractivity contribution in [3.63, 3.8) is 0 Å². The Hall–Kier alpha value is -0.130. The monoisotopic (exact) mass is 306 g/mol. The van der Waals surface area contributed by atoms with Gasteiger partial charge in [-0.05, 0) is 44.0 Å². The third-order valence-electron chi connectivity index (χ3n) is 1.35. The number of H-pyrrole nitrogens is 1. The van der Waals surface area contributed by atoms with Crippen LogP contribution in [0.1, 0.15) is 0 Å². The normalized spacial score (nSPS) is 10.5. The van der Waals surface area contributed by atoms with Gasteiger partial charge in [0, 0.05) is 0 Å². The van der Waals surface area contributed by atoms with Gasteiger partial charge >= 0.3 is 0 Å². The Balaban J connectivity index is 2.43. The van der Waals surface area contributed by atoms with Crippen molar-refractivity contribution in [2.75, 3.05) is 0 Å². The summed E-state index contributed by atoms with van der Waals surface area (Å²) in [6, 6.07) is 4.04. The van der Waals surface area contributed by atoms with Gasteiger partial charge in [-0.3, -0.25) is 0 Å². The number of nitrogens with one attached hydrogen (secondary N) is 1. The first-order valence-electron chi connectivity index (χ1n) is 3.22. The number of rotatable bonds is 1. The minimum absolute atomic E-state index is 0.901. The average Bonchev–Trinajstić information content (AvgIpc) is 2.58. The predicted molar refractivity (Wildman–Crippen MR) is 57.3 cm³/mol. The molecule has 12 heavy (non-hydrogen) atoms. The summed E-state index contributed by atoms with van der Waals surface area (Å²) in [6.07, 6.45) is 1.75. The van der Waals surface area contributed by atoms with Crippen molar-refractivity contribution in [3.05, 3.63) is 26.7 Å². The van der Waals surface area contributed by atoms with E-state index in [1.54, 1.807) is 17.5 Å². The summed E-state index contributed by atoms with van der Waals surface area (Å²) in [5.74, 6) is 0.901. The fraction of sp³-hybridized carbons (Fsp3) is 0. The van der Waals surface area contributed by atoms with Gasteiger partial charge in [-0.15, -0.1) is 11.3 Å². The topological polar surface area (TPSA) is 28.7 Å². The second-order valence-electron chi connectivity index (χ2n) is 2.18. The zero-order valence-electron chi connectivity index (χ0n) is 5.84. The van der Waals surface area contributed by atoms with Crippen LogP contribution in [0.25, 0.3) is 10.7 Å². The molecule has 62 valence electrons. The number of imidazole rings is 1. The molecule has 0 fully saturated rings. The lowest BCUT2D eigenvalue weighted by Gasteiger charge is -1.86. The van der Waals surface area contributed by atoms with E-state index in [1.165, 1.54) is 0 Å². The Morgan fingerprint density at radius 2 is 2.17 bits per heavy atom. The summed E-state index contributed by atoms with van der Waals surface area (Å²) in [5, 5.41) is 0. The molecule has 5 heteroatoms. The number of thiophene rings is 1. The molecular weight excluding hydrogens is 304 g/mol. The van der Waals surface area contributed by atoms with Gasteiger partial charge in [-0.1, -0.05) is 0 Å². The van der Waals surface area contributed by atoms with E-state index in [2.05, 4.69) is 41.8 Å². The van der Waals surface area contributed by atoms with Crippen LogP contribution in [0.15, 0.2) is 26.7 Å². The highest BCUT2D eigenvalue weighted by Gasteiger charge is 2.03. The van der Waals surface area contributed by atoms with Crippen LogP contribution in [0, 0.1) is 0 Å². The Labute approximate surface area is 90.3 Å². The number of aromatic nitrogens is 2. The largest absolute Gasteiger partial charge is 0.332 e. The summed E-state index contributed by atoms with van der Waals surface area (Å²) < 4.78 is 2.02. The van der Waals surface area contributed by atoms with E-state index < -0.39 is 0 Å². The highest BCUT2D eigenvalue weighted by molar-refractivity contribution is 9.11. The van der Waals surface area contributed by atoms with Crippen LogP contribution < -0.4 is 0 Å². The lowest BCUT2D eigenvalue weighted by Crippen LogP contribution is -1.72. The first kappa shape index (κ1) is 8.47. The standard InChI is InChI=1S/C7H4Br2N2S/c8-5-3-10-7(11-5)4-1-2-6(9)12-4/h1-3H,(H,10,11). The van der Waals surface area contributed by atoms with Gasteiger partial charge in [0.2, 0.25) is 0 Å². The highest BCUT2D eigenvalue weighted by atomic mass is 79.9. The third kappa shape index (κ3) is 1.62. The molecule has 0 unspecified atom stereocenters. The highest BCUT2D eigenvalue weighted by Crippen LogP contribution is 2.29. The van der Waals surface area contributed by atoms with Gasteiger partial charge in [-0.25, -0.2) is 4.98 Å². The van der Waals surface area contributed by atoms with Crippen molar-refractivity contribution in [2.45, 2.75) is 0 Å². The number of aromatic amines is 1. The first-order chi connectivity index (χ1) is 5.75. The van der Waals surface area contributed by atoms with Crippen molar-refractivity contribution < 1.29 is 0 Å². The maximum absolute atomic E-state index is 4.19. The van der Waals surface area contributed by atoms with Crippen molar-refractivity contribution in [1.29, 1.82) is 0 Å². The molecule has 2 aromatic heterocycles. The van der Waals surface area contributed by atoms with E-state index in [9.17, 15) is 0 Å². The Morgan fingerprint density at radius 1 is 1.33 bits per heavy atom. The van der Waals surface area contributed by atoms with Crippen LogP contribution >= 0.6 is 43.2 Å². The molecule has 2 rings (SSSR count). The van der Waals surface area contributed by atoms with Gasteiger partial charge < -0.3 is 4.98 Å². The molecule has 0 aromatic carbocycles. The SMILES string of the molecule is Brc1cnc(-c2ccc(Br)s2)[nH]1. The molecule has 0 amide bonds. The molecule has 0 aliphatic rings. The number of halogens is 2. The van der Waals surface area contributed by atoms with Gasteiger partial charge in [0.25, 0.3) is 0 Å². The van der Waals surface area contributed by atoms with Crippen molar-refractivity contribution in [2.24, 2.45) is 0 Å². The summed E-state index contributed by atoms with van der Waals surface area (Å²) in [4.78, 5) is 8.42. The van der Waals surface area contributed by atoms with Crippen LogP contribution in [0.3, 0.4) is 0 Å². The van der Waals surface area contributed by atoms with Crippen LogP contribution in [-0.4, -0.2) is 9.97 Å². The van der Waals surface area contributed by atoms with E-state index in [0.29, 0.717) is 0 Å². The van der Waals surface area contributed by atoms with Gasteiger partial charge in [0.1, 0.15) is 10.4 Å². The molecule has 0 radical (unpaired) electrons. The molecule has 1 N–H and O–H groups in total. The predicted octanol–water partition coefficient (Wildman–Crippen LogP) is 3.66. The maximum atomic E-state index is 4.19. The second kappa shape index (κ2) is 3.32. The number of nitrogens with zero attached hydrogens (tertiary/aromatic N) is 1. The summed E-state index contributed by atoms with van der Waals surface area (Å²) >= 11 is 8.37. The summed E-state index contributed by atoms with van der Waals surface area (Å²) in [5.41, 5.74) is 0. The van der Waals surface area contributed by atoms with Crippen LogP contribution in [-0.2, 0) is 0 Å². The lowest BCUT2D eigenvalue weighted by atomic mass is 10.4. The Morgan fingerprint density at radius 3 is 2.67 bits per heavy atom. The molecule has 0 bridgehead atoms. The van der Waals surface area contributed by atoms with E-state index >= 15 is 0 Å². The first-order valence-corrected chi connectivity index (χ1v) is 5.62. The van der Waals surface area contributed by atoms with Gasteiger partial charge in [0.15, 0.2) is 0 Å². The third-order valence-corrected chi connectivity index (χ3v) is 3.38. The molecular formula is C7H4Br2N2S. The summed E-state index contributed by atoms with van der Waals surface area (Å²) in [6.45, 7) is 0. The molecule has 0 saturated heterocycles. The maximum Gasteiger partial charge on any atom is 0.148 e. The molecule has 0 atom stereocenters. The average molecular weight is 308 g/mol. The number of hydrogen-bond acceptors (Lipinski definition) is 2. The zero-order valence-corrected chi connectivity index (χ0v) is 9.83. The van der Waals surface area contributed by atoms with E-state index in [4.69, 9.17) is 0 Å². The molecule has 2 heterocycles.